The van der Waals surface area contributed by atoms with E-state index in [2.05, 4.69) is 21.7 Å². The van der Waals surface area contributed by atoms with E-state index in [9.17, 15) is 9.90 Å². The summed E-state index contributed by atoms with van der Waals surface area (Å²) in [5.41, 5.74) is 3.46. The molecule has 3 nitrogen and oxygen atoms in total. The zero-order chi connectivity index (χ0) is 13.9. The molecule has 4 heteroatoms. The van der Waals surface area contributed by atoms with E-state index in [0.717, 1.165) is 30.6 Å². The Bertz CT molecular complexity index is 594. The highest BCUT2D eigenvalue weighted by atomic mass is 32.1. The van der Waals surface area contributed by atoms with Crippen molar-refractivity contribution in [3.8, 4) is 0 Å². The predicted molar refractivity (Wildman–Crippen MR) is 80.1 cm³/mol. The highest BCUT2D eigenvalue weighted by Gasteiger charge is 2.29. The Morgan fingerprint density at radius 1 is 1.35 bits per heavy atom. The first-order valence-electron chi connectivity index (χ1n) is 6.78. The molecule has 0 saturated carbocycles. The van der Waals surface area contributed by atoms with Crippen molar-refractivity contribution < 1.29 is 9.90 Å². The summed E-state index contributed by atoms with van der Waals surface area (Å²) in [6, 6.07) is 10.0. The van der Waals surface area contributed by atoms with Crippen LogP contribution in [0.15, 0.2) is 41.1 Å². The van der Waals surface area contributed by atoms with Gasteiger partial charge in [0, 0.05) is 19.6 Å². The first kappa shape index (κ1) is 13.3. The average Bonchev–Trinajstić information content (AvgIpc) is 2.97. The Labute approximate surface area is 122 Å². The average molecular weight is 287 g/mol. The SMILES string of the molecule is O=C(O)C1CN(CCc2ccsc2)Cc2ccccc21. The fourth-order valence-electron chi connectivity index (χ4n) is 2.78. The van der Waals surface area contributed by atoms with E-state index in [1.54, 1.807) is 11.3 Å². The molecule has 1 aromatic carbocycles. The van der Waals surface area contributed by atoms with Gasteiger partial charge in [-0.15, -0.1) is 0 Å². The Balaban J connectivity index is 1.74. The minimum Gasteiger partial charge on any atom is -0.481 e. The van der Waals surface area contributed by atoms with Crippen LogP contribution in [0.3, 0.4) is 0 Å². The molecule has 2 heterocycles. The molecule has 3 rings (SSSR count). The van der Waals surface area contributed by atoms with Crippen LogP contribution in [-0.2, 0) is 17.8 Å². The van der Waals surface area contributed by atoms with Gasteiger partial charge in [-0.05, 0) is 39.9 Å². The summed E-state index contributed by atoms with van der Waals surface area (Å²) in [5, 5.41) is 13.7. The second-order valence-electron chi connectivity index (χ2n) is 5.21. The van der Waals surface area contributed by atoms with E-state index in [1.807, 2.05) is 24.3 Å². The molecule has 1 unspecified atom stereocenters. The van der Waals surface area contributed by atoms with E-state index in [0.29, 0.717) is 6.54 Å². The number of carboxylic acids is 1. The van der Waals surface area contributed by atoms with Crippen LogP contribution < -0.4 is 0 Å². The summed E-state index contributed by atoms with van der Waals surface area (Å²) in [7, 11) is 0. The molecular formula is C16H17NO2S. The zero-order valence-corrected chi connectivity index (χ0v) is 12.0. The molecule has 0 aliphatic carbocycles. The summed E-state index contributed by atoms with van der Waals surface area (Å²) in [5.74, 6) is -1.12. The summed E-state index contributed by atoms with van der Waals surface area (Å²) in [6.45, 7) is 2.37. The van der Waals surface area contributed by atoms with Gasteiger partial charge in [0.1, 0.15) is 0 Å². The Morgan fingerprint density at radius 2 is 2.20 bits per heavy atom. The fourth-order valence-corrected chi connectivity index (χ4v) is 3.49. The first-order valence-corrected chi connectivity index (χ1v) is 7.72. The number of aliphatic carboxylic acids is 1. The lowest BCUT2D eigenvalue weighted by molar-refractivity contribution is -0.139. The van der Waals surface area contributed by atoms with Crippen LogP contribution >= 0.6 is 11.3 Å². The number of carboxylic acid groups (broad SMARTS) is 1. The molecule has 1 aliphatic heterocycles. The van der Waals surface area contributed by atoms with Crippen molar-refractivity contribution in [2.45, 2.75) is 18.9 Å². The van der Waals surface area contributed by atoms with Crippen LogP contribution in [0.25, 0.3) is 0 Å². The zero-order valence-electron chi connectivity index (χ0n) is 11.2. The molecule has 1 atom stereocenters. The van der Waals surface area contributed by atoms with Gasteiger partial charge in [-0.2, -0.15) is 11.3 Å². The molecule has 0 radical (unpaired) electrons. The van der Waals surface area contributed by atoms with Crippen LogP contribution in [0.4, 0.5) is 0 Å². The van der Waals surface area contributed by atoms with E-state index >= 15 is 0 Å². The number of benzene rings is 1. The van der Waals surface area contributed by atoms with Gasteiger partial charge in [-0.3, -0.25) is 9.69 Å². The molecule has 104 valence electrons. The van der Waals surface area contributed by atoms with Crippen molar-refractivity contribution in [3.05, 3.63) is 57.8 Å². The predicted octanol–water partition coefficient (Wildman–Crippen LogP) is 2.97. The van der Waals surface area contributed by atoms with Crippen molar-refractivity contribution in [2.24, 2.45) is 0 Å². The van der Waals surface area contributed by atoms with Crippen molar-refractivity contribution in [2.75, 3.05) is 13.1 Å². The Morgan fingerprint density at radius 3 is 2.95 bits per heavy atom. The van der Waals surface area contributed by atoms with Gasteiger partial charge < -0.3 is 5.11 Å². The Hall–Kier alpha value is -1.65. The van der Waals surface area contributed by atoms with Crippen LogP contribution in [0.1, 0.15) is 22.6 Å². The van der Waals surface area contributed by atoms with Gasteiger partial charge in [0.2, 0.25) is 0 Å². The normalized spacial score (nSPS) is 18.7. The third-order valence-corrected chi connectivity index (χ3v) is 4.59. The summed E-state index contributed by atoms with van der Waals surface area (Å²) in [6.07, 6.45) is 0.984. The fraction of sp³-hybridized carbons (Fsp3) is 0.312. The van der Waals surface area contributed by atoms with Gasteiger partial charge in [0.25, 0.3) is 0 Å². The lowest BCUT2D eigenvalue weighted by Crippen LogP contribution is -2.37. The molecule has 1 aromatic heterocycles. The maximum absolute atomic E-state index is 11.5. The number of nitrogens with zero attached hydrogens (tertiary/aromatic N) is 1. The topological polar surface area (TPSA) is 40.5 Å². The number of rotatable bonds is 4. The molecule has 1 N–H and O–H groups in total. The van der Waals surface area contributed by atoms with Crippen LogP contribution in [-0.4, -0.2) is 29.1 Å². The molecular weight excluding hydrogens is 270 g/mol. The second-order valence-corrected chi connectivity index (χ2v) is 5.99. The molecule has 0 bridgehead atoms. The number of hydrogen-bond acceptors (Lipinski definition) is 3. The van der Waals surface area contributed by atoms with Crippen LogP contribution in [0.2, 0.25) is 0 Å². The highest BCUT2D eigenvalue weighted by molar-refractivity contribution is 7.07. The van der Waals surface area contributed by atoms with Crippen LogP contribution in [0, 0.1) is 0 Å². The minimum atomic E-state index is -0.724. The van der Waals surface area contributed by atoms with Gasteiger partial charge in [-0.25, -0.2) is 0 Å². The van der Waals surface area contributed by atoms with E-state index in [1.165, 1.54) is 5.56 Å². The quantitative estimate of drug-likeness (QED) is 0.940. The molecule has 2 aromatic rings. The van der Waals surface area contributed by atoms with Crippen molar-refractivity contribution in [3.63, 3.8) is 0 Å². The van der Waals surface area contributed by atoms with Crippen molar-refractivity contribution >= 4 is 17.3 Å². The molecule has 0 amide bonds. The molecule has 20 heavy (non-hydrogen) atoms. The summed E-state index contributed by atoms with van der Waals surface area (Å²) < 4.78 is 0. The maximum Gasteiger partial charge on any atom is 0.312 e. The largest absolute Gasteiger partial charge is 0.481 e. The molecule has 1 aliphatic rings. The minimum absolute atomic E-state index is 0.401. The Kier molecular flexibility index (Phi) is 3.85. The molecule has 0 spiro atoms. The van der Waals surface area contributed by atoms with Gasteiger partial charge in [0.05, 0.1) is 5.92 Å². The number of fused-ring (bicyclic) bond motifs is 1. The van der Waals surface area contributed by atoms with E-state index in [-0.39, 0.29) is 0 Å². The van der Waals surface area contributed by atoms with Gasteiger partial charge >= 0.3 is 5.97 Å². The van der Waals surface area contributed by atoms with Gasteiger partial charge in [-0.1, -0.05) is 24.3 Å². The monoisotopic (exact) mass is 287 g/mol. The smallest absolute Gasteiger partial charge is 0.312 e. The van der Waals surface area contributed by atoms with Gasteiger partial charge in [0.15, 0.2) is 0 Å². The van der Waals surface area contributed by atoms with Crippen molar-refractivity contribution in [1.82, 2.24) is 4.90 Å². The third kappa shape index (κ3) is 2.76. The molecule has 0 saturated heterocycles. The molecule has 0 fully saturated rings. The van der Waals surface area contributed by atoms with Crippen LogP contribution in [0.5, 0.6) is 0 Å². The summed E-state index contributed by atoms with van der Waals surface area (Å²) >= 11 is 1.71. The second kappa shape index (κ2) is 5.77. The number of carbonyl (C=O) groups is 1. The lowest BCUT2D eigenvalue weighted by Gasteiger charge is -2.32. The maximum atomic E-state index is 11.5. The number of hydrogen-bond donors (Lipinski definition) is 1. The summed E-state index contributed by atoms with van der Waals surface area (Å²) in [4.78, 5) is 13.7. The lowest BCUT2D eigenvalue weighted by atomic mass is 9.89. The standard InChI is InChI=1S/C16H17NO2S/c18-16(19)15-10-17(7-5-12-6-8-20-11-12)9-13-3-1-2-4-14(13)15/h1-4,6,8,11,15H,5,7,9-10H2,(H,18,19). The third-order valence-electron chi connectivity index (χ3n) is 3.86. The van der Waals surface area contributed by atoms with E-state index in [4.69, 9.17) is 0 Å². The van der Waals surface area contributed by atoms with Crippen molar-refractivity contribution in [1.29, 1.82) is 0 Å². The number of thiophene rings is 1. The highest BCUT2D eigenvalue weighted by Crippen LogP contribution is 2.28. The first-order chi connectivity index (χ1) is 9.74. The van der Waals surface area contributed by atoms with E-state index < -0.39 is 11.9 Å².